The SMILES string of the molecule is O=C(COc1ccc(C2c3sc(=O)[nH]c3SC3C(=O)N(c4ccccc4C(F)(F)F)C(=O)C32)cc1)Nc1ccc(Cl)c(Cl)c1. The lowest BCUT2D eigenvalue weighted by Crippen LogP contribution is -2.33. The average Bonchev–Trinajstić information content (AvgIpc) is 3.47. The van der Waals surface area contributed by atoms with E-state index in [1.165, 1.54) is 24.3 Å². The number of para-hydroxylation sites is 1. The van der Waals surface area contributed by atoms with Crippen LogP contribution in [0.2, 0.25) is 10.0 Å². The number of imide groups is 1. The minimum atomic E-state index is -4.80. The Labute approximate surface area is 265 Å². The topological polar surface area (TPSA) is 109 Å². The first kappa shape index (κ1) is 30.3. The number of nitrogens with one attached hydrogen (secondary N) is 2. The summed E-state index contributed by atoms with van der Waals surface area (Å²) in [6.45, 7) is -0.339. The van der Waals surface area contributed by atoms with E-state index in [2.05, 4.69) is 10.3 Å². The van der Waals surface area contributed by atoms with Gasteiger partial charge in [0.05, 0.1) is 32.2 Å². The smallest absolute Gasteiger partial charge is 0.418 e. The van der Waals surface area contributed by atoms with Crippen LogP contribution in [0, 0.1) is 5.92 Å². The molecule has 1 saturated heterocycles. The molecule has 6 rings (SSSR count). The second kappa shape index (κ2) is 11.6. The standard InChI is InChI=1S/C29H18Cl2F3N3O5S2/c30-17-10-7-14(11-18(17)31)35-20(38)12-42-15-8-5-13(6-9-15)21-22-24(43-25-23(21)44-28(41)36-25)27(40)37(26(22)39)19-4-2-1-3-16(19)29(32,33)34/h1-11,21-22,24H,12H2,(H,35,38)(H,36,41). The molecule has 1 fully saturated rings. The van der Waals surface area contributed by atoms with Gasteiger partial charge in [-0.25, -0.2) is 4.90 Å². The number of benzene rings is 3. The van der Waals surface area contributed by atoms with Gasteiger partial charge in [0.15, 0.2) is 6.61 Å². The largest absolute Gasteiger partial charge is 0.484 e. The lowest BCUT2D eigenvalue weighted by Gasteiger charge is -2.29. The number of alkyl halides is 3. The van der Waals surface area contributed by atoms with Crippen molar-refractivity contribution in [3.63, 3.8) is 0 Å². The predicted molar refractivity (Wildman–Crippen MR) is 161 cm³/mol. The highest BCUT2D eigenvalue weighted by Crippen LogP contribution is 2.54. The van der Waals surface area contributed by atoms with Gasteiger partial charge in [0.1, 0.15) is 11.0 Å². The van der Waals surface area contributed by atoms with Crippen LogP contribution >= 0.6 is 46.3 Å². The summed E-state index contributed by atoms with van der Waals surface area (Å²) in [7, 11) is 0. The molecule has 0 aliphatic carbocycles. The molecule has 0 bridgehead atoms. The Kier molecular flexibility index (Phi) is 7.99. The lowest BCUT2D eigenvalue weighted by molar-refractivity contribution is -0.137. The summed E-state index contributed by atoms with van der Waals surface area (Å²) >= 11 is 13.7. The van der Waals surface area contributed by atoms with E-state index in [1.807, 2.05) is 0 Å². The maximum Gasteiger partial charge on any atom is 0.418 e. The lowest BCUT2D eigenvalue weighted by atomic mass is 9.83. The van der Waals surface area contributed by atoms with E-state index in [0.717, 1.165) is 35.2 Å². The number of hydrogen-bond donors (Lipinski definition) is 2. The number of hydrogen-bond acceptors (Lipinski definition) is 7. The van der Waals surface area contributed by atoms with Crippen molar-refractivity contribution in [3.05, 3.63) is 102 Å². The third kappa shape index (κ3) is 5.60. The quantitative estimate of drug-likeness (QED) is 0.223. The Balaban J connectivity index is 1.26. The van der Waals surface area contributed by atoms with Crippen LogP contribution in [-0.2, 0) is 20.6 Å². The molecule has 3 unspecified atom stereocenters. The number of amides is 3. The molecule has 3 heterocycles. The predicted octanol–water partition coefficient (Wildman–Crippen LogP) is 6.58. The van der Waals surface area contributed by atoms with Crippen LogP contribution in [0.4, 0.5) is 24.5 Å². The van der Waals surface area contributed by atoms with Gasteiger partial charge in [0.2, 0.25) is 11.8 Å². The maximum absolute atomic E-state index is 13.8. The molecule has 1 aromatic heterocycles. The third-order valence-electron chi connectivity index (χ3n) is 7.09. The number of ether oxygens (including phenoxy) is 1. The zero-order chi connectivity index (χ0) is 31.3. The summed E-state index contributed by atoms with van der Waals surface area (Å²) in [6, 6.07) is 15.4. The Bertz CT molecular complexity index is 1860. The molecule has 8 nitrogen and oxygen atoms in total. The molecule has 15 heteroatoms. The monoisotopic (exact) mass is 679 g/mol. The van der Waals surface area contributed by atoms with E-state index in [0.29, 0.717) is 36.8 Å². The van der Waals surface area contributed by atoms with Crippen molar-refractivity contribution in [2.75, 3.05) is 16.8 Å². The van der Waals surface area contributed by atoms with Gasteiger partial charge >= 0.3 is 11.0 Å². The van der Waals surface area contributed by atoms with Gasteiger partial charge < -0.3 is 15.0 Å². The number of anilines is 2. The molecule has 0 spiro atoms. The van der Waals surface area contributed by atoms with Crippen LogP contribution in [0.25, 0.3) is 0 Å². The number of rotatable bonds is 6. The molecule has 3 amide bonds. The van der Waals surface area contributed by atoms with E-state index >= 15 is 0 Å². The maximum atomic E-state index is 13.8. The number of fused-ring (bicyclic) bond motifs is 2. The number of thiazole rings is 1. The van der Waals surface area contributed by atoms with Gasteiger partial charge in [-0.15, -0.1) is 0 Å². The van der Waals surface area contributed by atoms with Crippen LogP contribution in [0.3, 0.4) is 0 Å². The highest BCUT2D eigenvalue weighted by Gasteiger charge is 2.57. The normalized spacial score (nSPS) is 19.5. The van der Waals surface area contributed by atoms with Crippen LogP contribution in [0.15, 0.2) is 76.6 Å². The highest BCUT2D eigenvalue weighted by molar-refractivity contribution is 8.00. The van der Waals surface area contributed by atoms with E-state index in [4.69, 9.17) is 27.9 Å². The van der Waals surface area contributed by atoms with Crippen molar-refractivity contribution in [2.45, 2.75) is 22.4 Å². The fourth-order valence-corrected chi connectivity index (χ4v) is 8.03. The number of carbonyl (C=O) groups excluding carboxylic acids is 3. The fraction of sp³-hybridized carbons (Fsp3) is 0.172. The Morgan fingerprint density at radius 3 is 2.41 bits per heavy atom. The van der Waals surface area contributed by atoms with Crippen molar-refractivity contribution < 1.29 is 32.3 Å². The van der Waals surface area contributed by atoms with Crippen molar-refractivity contribution in [3.8, 4) is 5.75 Å². The molecular weight excluding hydrogens is 662 g/mol. The van der Waals surface area contributed by atoms with Gasteiger partial charge in [0, 0.05) is 16.5 Å². The molecule has 44 heavy (non-hydrogen) atoms. The second-order valence-electron chi connectivity index (χ2n) is 9.81. The van der Waals surface area contributed by atoms with Gasteiger partial charge in [-0.2, -0.15) is 13.2 Å². The summed E-state index contributed by atoms with van der Waals surface area (Å²) in [6.07, 6.45) is -4.80. The number of H-pyrrole nitrogens is 1. The molecule has 2 aliphatic heterocycles. The number of carbonyl (C=O) groups is 3. The Hall–Kier alpha value is -3.78. The number of halogens is 5. The first-order chi connectivity index (χ1) is 20.9. The molecule has 2 N–H and O–H groups in total. The Morgan fingerprint density at radius 2 is 1.70 bits per heavy atom. The second-order valence-corrected chi connectivity index (χ2v) is 12.8. The minimum Gasteiger partial charge on any atom is -0.484 e. The van der Waals surface area contributed by atoms with Gasteiger partial charge in [-0.1, -0.05) is 70.6 Å². The third-order valence-corrected chi connectivity index (χ3v) is 10.2. The number of aromatic amines is 1. The fourth-order valence-electron chi connectivity index (χ4n) is 5.21. The Morgan fingerprint density at radius 1 is 0.977 bits per heavy atom. The van der Waals surface area contributed by atoms with E-state index < -0.39 is 52.2 Å². The first-order valence-electron chi connectivity index (χ1n) is 12.8. The van der Waals surface area contributed by atoms with Crippen molar-refractivity contribution >= 4 is 75.4 Å². The number of aromatic nitrogens is 1. The molecule has 3 aromatic carbocycles. The molecule has 2 aliphatic rings. The molecule has 3 atom stereocenters. The summed E-state index contributed by atoms with van der Waals surface area (Å²) in [4.78, 5) is 55.4. The van der Waals surface area contributed by atoms with Gasteiger partial charge in [-0.05, 0) is 48.0 Å². The van der Waals surface area contributed by atoms with Crippen LogP contribution in [0.5, 0.6) is 5.75 Å². The summed E-state index contributed by atoms with van der Waals surface area (Å²) < 4.78 is 47.1. The van der Waals surface area contributed by atoms with Gasteiger partial charge in [0.25, 0.3) is 5.91 Å². The summed E-state index contributed by atoms with van der Waals surface area (Å²) in [5, 5.41) is 2.57. The van der Waals surface area contributed by atoms with E-state index in [1.54, 1.807) is 30.3 Å². The molecule has 0 radical (unpaired) electrons. The van der Waals surface area contributed by atoms with Gasteiger partial charge in [-0.3, -0.25) is 19.2 Å². The van der Waals surface area contributed by atoms with Crippen LogP contribution in [-0.4, -0.2) is 34.6 Å². The molecule has 0 saturated carbocycles. The molecular formula is C29H18Cl2F3N3O5S2. The van der Waals surface area contributed by atoms with Crippen LogP contribution < -0.4 is 19.8 Å². The number of nitrogens with zero attached hydrogens (tertiary/aromatic N) is 1. The van der Waals surface area contributed by atoms with Crippen molar-refractivity contribution in [1.82, 2.24) is 4.98 Å². The molecule has 226 valence electrons. The summed E-state index contributed by atoms with van der Waals surface area (Å²) in [5.41, 5.74) is -0.674. The minimum absolute atomic E-state index is 0.273. The summed E-state index contributed by atoms with van der Waals surface area (Å²) in [5.74, 6) is -3.60. The highest BCUT2D eigenvalue weighted by atomic mass is 35.5. The van der Waals surface area contributed by atoms with E-state index in [-0.39, 0.29) is 16.5 Å². The molecule has 4 aromatic rings. The number of thioether (sulfide) groups is 1. The first-order valence-corrected chi connectivity index (χ1v) is 15.3. The zero-order valence-electron chi connectivity index (χ0n) is 22.0. The van der Waals surface area contributed by atoms with Crippen molar-refractivity contribution in [2.24, 2.45) is 5.92 Å². The average molecular weight is 681 g/mol. The zero-order valence-corrected chi connectivity index (χ0v) is 25.1. The van der Waals surface area contributed by atoms with Crippen LogP contribution in [0.1, 0.15) is 21.9 Å². The van der Waals surface area contributed by atoms with E-state index in [9.17, 15) is 32.3 Å². The van der Waals surface area contributed by atoms with Crippen molar-refractivity contribution in [1.29, 1.82) is 0 Å².